The van der Waals surface area contributed by atoms with Gasteiger partial charge in [0.2, 0.25) is 0 Å². The standard InChI is InChI=1S/C23H68O8P30/c1-11-9-21(4,5)14(7-15(11)30-51(59(47)55(39)40)61(57(43)44)58(45)46)18(28-13(3)24)19-22(6,20(25)12(2)29-50(54(37)38)60(48-32)56(41)42)16(8-17-23(19,26)10-27-17)31-49(52(33)34)53(35)36/h9,12,14-20,25-26,48H,7-8,10,32-47H2,1-6H3/t12-,14?,15+,16+,17-,18?,19?,20-,22-,23+,50?,51?,59?,60?/m1/s1. The molecule has 0 radical (unpaired) electrons. The van der Waals surface area contributed by atoms with E-state index in [9.17, 15) is 15.0 Å². The number of hydrogen-bond acceptors (Lipinski definition) is 8. The zero-order valence-electron chi connectivity index (χ0n) is 34.7. The number of fused-ring (bicyclic) bond motifs is 1. The Hall–Kier alpha value is 11.9. The molecule has 3 rings (SSSR count). The van der Waals surface area contributed by atoms with Gasteiger partial charge in [0, 0.05) is 51.6 Å². The van der Waals surface area contributed by atoms with Crippen molar-refractivity contribution >= 4 is 249 Å². The first-order chi connectivity index (χ1) is 28.0. The summed E-state index contributed by atoms with van der Waals surface area (Å²) in [4.78, 5) is 13.6. The third-order valence-corrected chi connectivity index (χ3v) is 151. The van der Waals surface area contributed by atoms with Gasteiger partial charge in [0.15, 0.2) is 0 Å². The van der Waals surface area contributed by atoms with E-state index in [0.717, 1.165) is 0 Å². The van der Waals surface area contributed by atoms with Crippen LogP contribution < -0.4 is 0 Å². The number of esters is 1. The lowest BCUT2D eigenvalue weighted by molar-refractivity contribution is -0.347. The molecule has 0 aromatic rings. The van der Waals surface area contributed by atoms with E-state index in [1.54, 1.807) is 0 Å². The first-order valence-corrected chi connectivity index (χ1v) is 70.1. The fraction of sp³-hybridized carbons (Fsp3) is 0.870. The van der Waals surface area contributed by atoms with Crippen LogP contribution in [0.5, 0.6) is 0 Å². The van der Waals surface area contributed by atoms with Gasteiger partial charge in [-0.2, -0.15) is 0 Å². The van der Waals surface area contributed by atoms with E-state index in [1.807, 2.05) is 6.92 Å². The third kappa shape index (κ3) is 17.7. The average Bonchev–Trinajstić information content (AvgIpc) is 3.11. The lowest BCUT2D eigenvalue weighted by Crippen LogP contribution is -2.78. The van der Waals surface area contributed by atoms with Crippen molar-refractivity contribution in [2.24, 2.45) is 22.7 Å². The zero-order chi connectivity index (χ0) is 46.9. The van der Waals surface area contributed by atoms with Gasteiger partial charge in [-0.15, -0.1) is 134 Å². The molecular formula is C23H68O8P30. The van der Waals surface area contributed by atoms with Crippen molar-refractivity contribution in [2.75, 3.05) is 6.61 Å². The Morgan fingerprint density at radius 1 is 0.820 bits per heavy atom. The van der Waals surface area contributed by atoms with Gasteiger partial charge in [0.1, 0.15) is 11.7 Å². The molecule has 38 heteroatoms. The van der Waals surface area contributed by atoms with Crippen LogP contribution in [0.1, 0.15) is 54.4 Å². The van der Waals surface area contributed by atoms with Crippen LogP contribution in [0, 0.1) is 22.7 Å². The molecule has 358 valence electrons. The molecule has 0 bridgehead atoms. The second-order valence-electron chi connectivity index (χ2n) is 15.4. The van der Waals surface area contributed by atoms with Gasteiger partial charge in [-0.1, -0.05) is 43.7 Å². The van der Waals surface area contributed by atoms with Crippen molar-refractivity contribution in [3.05, 3.63) is 11.6 Å². The van der Waals surface area contributed by atoms with E-state index in [4.69, 9.17) is 23.0 Å². The summed E-state index contributed by atoms with van der Waals surface area (Å²) in [5, 5.41) is 26.5. The largest absolute Gasteiger partial charge is 0.462 e. The molecule has 1 heterocycles. The molecule has 2 fully saturated rings. The first kappa shape index (κ1) is 67.1. The number of carbonyl (C=O) groups is 1. The summed E-state index contributed by atoms with van der Waals surface area (Å²) in [5.41, 5.74) is -1.80. The molecule has 3 aliphatic rings. The minimum absolute atomic E-state index is 0.0801. The Labute approximate surface area is 420 Å². The number of allylic oxidation sites excluding steroid dienone is 1. The molecule has 0 aromatic heterocycles. The number of carbonyl (C=O) groups excluding carboxylic acids is 1. The Morgan fingerprint density at radius 3 is 1.77 bits per heavy atom. The zero-order valence-corrected chi connectivity index (χ0v) is 65.8. The van der Waals surface area contributed by atoms with Crippen molar-refractivity contribution in [3.63, 3.8) is 0 Å². The number of aliphatic hydroxyl groups excluding tert-OH is 1. The highest BCUT2D eigenvalue weighted by molar-refractivity contribution is 9.19. The summed E-state index contributed by atoms with van der Waals surface area (Å²) < 4.78 is 35.0. The maximum atomic E-state index is 13.6. The molecular weight excluding hydrogens is 1330 g/mol. The highest BCUT2D eigenvalue weighted by atomic mass is 33.2. The van der Waals surface area contributed by atoms with Gasteiger partial charge in [0.25, 0.3) is 0 Å². The van der Waals surface area contributed by atoms with E-state index in [0.29, 0.717) is 20.8 Å². The van der Waals surface area contributed by atoms with E-state index < -0.39 is 151 Å². The highest BCUT2D eigenvalue weighted by Gasteiger charge is 2.72. The van der Waals surface area contributed by atoms with Crippen LogP contribution in [-0.4, -0.2) is 65.0 Å². The summed E-state index contributed by atoms with van der Waals surface area (Å²) in [7, 11) is 46.7. The Kier molecular flexibility index (Phi) is 33.5. The van der Waals surface area contributed by atoms with Gasteiger partial charge >= 0.3 is 5.97 Å². The molecule has 1 aliphatic heterocycles. The molecule has 31 atom stereocenters. The topological polar surface area (TPSA) is 104 Å². The van der Waals surface area contributed by atoms with Crippen LogP contribution >= 0.6 is 243 Å². The average molecular weight is 1400 g/mol. The Bertz CT molecular complexity index is 1440. The predicted molar refractivity (Wildman–Crippen MR) is 362 cm³/mol. The van der Waals surface area contributed by atoms with Crippen LogP contribution in [-0.2, 0) is 27.8 Å². The van der Waals surface area contributed by atoms with Gasteiger partial charge in [-0.3, -0.25) is 4.79 Å². The van der Waals surface area contributed by atoms with Crippen LogP contribution in [0.25, 0.3) is 0 Å². The second kappa shape index (κ2) is 30.5. The molecule has 0 aromatic carbocycles. The summed E-state index contributed by atoms with van der Waals surface area (Å²) in [6.45, 7) is 7.35. The van der Waals surface area contributed by atoms with Gasteiger partial charge in [0.05, 0.1) is 59.7 Å². The van der Waals surface area contributed by atoms with Gasteiger partial charge in [-0.25, -0.2) is 0 Å². The lowest BCUT2D eigenvalue weighted by Gasteiger charge is -2.66. The van der Waals surface area contributed by atoms with E-state index >= 15 is 0 Å². The lowest BCUT2D eigenvalue weighted by atomic mass is 9.49. The van der Waals surface area contributed by atoms with Crippen molar-refractivity contribution in [3.8, 4) is 0 Å². The molecule has 61 heavy (non-hydrogen) atoms. The Balaban J connectivity index is 2.33. The maximum absolute atomic E-state index is 13.6. The highest BCUT2D eigenvalue weighted by Crippen LogP contribution is 3.18. The quantitative estimate of drug-likeness (QED) is 0.0628. The van der Waals surface area contributed by atoms with Gasteiger partial charge in [-0.05, 0) is 80.2 Å². The van der Waals surface area contributed by atoms with Crippen molar-refractivity contribution in [1.29, 1.82) is 0 Å². The second-order valence-corrected chi connectivity index (χ2v) is 122. The summed E-state index contributed by atoms with van der Waals surface area (Å²) >= 11 is 0. The molecule has 0 spiro atoms. The normalized spacial score (nSPS) is 32.0. The molecule has 1 saturated heterocycles. The smallest absolute Gasteiger partial charge is 0.302 e. The monoisotopic (exact) mass is 1400 g/mol. The molecule has 0 amide bonds. The minimum Gasteiger partial charge on any atom is -0.462 e. The number of aliphatic hydroxyl groups is 2. The molecule has 2 aliphatic carbocycles. The molecule has 8 nitrogen and oxygen atoms in total. The van der Waals surface area contributed by atoms with Gasteiger partial charge < -0.3 is 33.3 Å². The van der Waals surface area contributed by atoms with Crippen LogP contribution in [0.4, 0.5) is 0 Å². The number of rotatable bonds is 22. The van der Waals surface area contributed by atoms with Crippen LogP contribution in [0.15, 0.2) is 11.6 Å². The fourth-order valence-corrected chi connectivity index (χ4v) is 203. The van der Waals surface area contributed by atoms with Crippen LogP contribution in [0.2, 0.25) is 0 Å². The molecule has 24 unspecified atom stereocenters. The first-order valence-electron chi connectivity index (χ1n) is 18.0. The van der Waals surface area contributed by atoms with Crippen LogP contribution in [0.3, 0.4) is 0 Å². The third-order valence-electron chi connectivity index (χ3n) is 10.8. The maximum Gasteiger partial charge on any atom is 0.302 e. The number of hydrogen-bond donors (Lipinski definition) is 2. The molecule has 1 saturated carbocycles. The van der Waals surface area contributed by atoms with E-state index in [-0.39, 0.29) is 18.6 Å². The van der Waals surface area contributed by atoms with E-state index in [2.05, 4.69) is 177 Å². The fourth-order valence-electron chi connectivity index (χ4n) is 8.18. The van der Waals surface area contributed by atoms with Crippen molar-refractivity contribution < 1.29 is 38.1 Å². The summed E-state index contributed by atoms with van der Waals surface area (Å²) in [6.07, 6.45) is -0.432. The van der Waals surface area contributed by atoms with E-state index in [1.165, 1.54) is 12.5 Å². The number of ether oxygens (including phenoxy) is 2. The summed E-state index contributed by atoms with van der Waals surface area (Å²) in [5.74, 6) is -1.45. The SMILES string of the molecule is CC(=O)OC(C1C[C@H](OP(P(P)P(P)P)P(P(P)P)P(P)P)C(C)=CC1(C)C)C1[C@](C)([C@H](O)[C@@H](C)OP(P(P)P)P(PP)P(P)P)[C@@H](OP(P(P)P)P(P)P)C[C@H]2OC[C@@]12O. The molecule has 2 N–H and O–H groups in total. The minimum atomic E-state index is -1.39. The van der Waals surface area contributed by atoms with Crippen molar-refractivity contribution in [2.45, 2.75) is 96.6 Å². The Morgan fingerprint density at radius 2 is 1.36 bits per heavy atom. The van der Waals surface area contributed by atoms with Crippen molar-refractivity contribution in [1.82, 2.24) is 0 Å². The predicted octanol–water partition coefficient (Wildman–Crippen LogP) is 19.0. The summed E-state index contributed by atoms with van der Waals surface area (Å²) in [6, 6.07) is 0.